The summed E-state index contributed by atoms with van der Waals surface area (Å²) in [5, 5.41) is 0. The summed E-state index contributed by atoms with van der Waals surface area (Å²) in [7, 11) is 2.09. The van der Waals surface area contributed by atoms with E-state index in [0.717, 1.165) is 24.3 Å². The molecule has 4 heteroatoms. The van der Waals surface area contributed by atoms with Crippen LogP contribution in [0.25, 0.3) is 0 Å². The SMILES string of the molecule is CCC(CSC)N(C)CC(C)C(=O)OCc1ccccc1. The van der Waals surface area contributed by atoms with Crippen LogP contribution >= 0.6 is 11.8 Å². The van der Waals surface area contributed by atoms with Gasteiger partial charge in [-0.15, -0.1) is 0 Å². The Morgan fingerprint density at radius 1 is 1.33 bits per heavy atom. The molecule has 0 heterocycles. The van der Waals surface area contributed by atoms with Gasteiger partial charge in [-0.1, -0.05) is 44.2 Å². The Kier molecular flexibility index (Phi) is 8.47. The molecule has 0 aliphatic carbocycles. The van der Waals surface area contributed by atoms with Crippen LogP contribution in [0, 0.1) is 5.92 Å². The van der Waals surface area contributed by atoms with E-state index >= 15 is 0 Å². The van der Waals surface area contributed by atoms with Gasteiger partial charge in [-0.3, -0.25) is 4.79 Å². The van der Waals surface area contributed by atoms with Crippen LogP contribution < -0.4 is 0 Å². The van der Waals surface area contributed by atoms with Crippen molar-refractivity contribution in [2.45, 2.75) is 32.9 Å². The number of carbonyl (C=O) groups excluding carboxylic acids is 1. The highest BCUT2D eigenvalue weighted by Gasteiger charge is 2.20. The third kappa shape index (κ3) is 6.53. The lowest BCUT2D eigenvalue weighted by Gasteiger charge is -2.28. The molecule has 0 saturated heterocycles. The highest BCUT2D eigenvalue weighted by Crippen LogP contribution is 2.12. The van der Waals surface area contributed by atoms with E-state index in [1.165, 1.54) is 0 Å². The van der Waals surface area contributed by atoms with Crippen LogP contribution in [-0.4, -0.2) is 42.5 Å². The van der Waals surface area contributed by atoms with Crippen molar-refractivity contribution in [2.75, 3.05) is 25.6 Å². The molecule has 0 aromatic heterocycles. The lowest BCUT2D eigenvalue weighted by Crippen LogP contribution is -2.38. The zero-order valence-electron chi connectivity index (χ0n) is 13.5. The predicted molar refractivity (Wildman–Crippen MR) is 90.5 cm³/mol. The minimum absolute atomic E-state index is 0.102. The van der Waals surface area contributed by atoms with E-state index in [4.69, 9.17) is 4.74 Å². The molecule has 3 nitrogen and oxygen atoms in total. The number of hydrogen-bond acceptors (Lipinski definition) is 4. The number of esters is 1. The molecular weight excluding hydrogens is 282 g/mol. The lowest BCUT2D eigenvalue weighted by molar-refractivity contribution is -0.150. The Balaban J connectivity index is 2.39. The van der Waals surface area contributed by atoms with Gasteiger partial charge in [0.05, 0.1) is 5.92 Å². The normalized spacial score (nSPS) is 14.0. The van der Waals surface area contributed by atoms with E-state index in [1.54, 1.807) is 0 Å². The summed E-state index contributed by atoms with van der Waals surface area (Å²) in [6, 6.07) is 10.3. The van der Waals surface area contributed by atoms with Crippen LogP contribution in [0.3, 0.4) is 0 Å². The smallest absolute Gasteiger partial charge is 0.310 e. The van der Waals surface area contributed by atoms with E-state index in [2.05, 4.69) is 25.1 Å². The molecule has 1 aromatic carbocycles. The molecule has 0 spiro atoms. The lowest BCUT2D eigenvalue weighted by atomic mass is 10.1. The minimum Gasteiger partial charge on any atom is -0.461 e. The fourth-order valence-electron chi connectivity index (χ4n) is 2.28. The van der Waals surface area contributed by atoms with Gasteiger partial charge in [0.2, 0.25) is 0 Å². The quantitative estimate of drug-likeness (QED) is 0.654. The zero-order chi connectivity index (χ0) is 15.7. The maximum Gasteiger partial charge on any atom is 0.310 e. The molecule has 2 unspecified atom stereocenters. The first kappa shape index (κ1) is 18.1. The molecule has 0 aliphatic heterocycles. The van der Waals surface area contributed by atoms with E-state index in [9.17, 15) is 4.79 Å². The molecular formula is C17H27NO2S. The fraction of sp³-hybridized carbons (Fsp3) is 0.588. The summed E-state index contributed by atoms with van der Waals surface area (Å²) in [5.74, 6) is 0.873. The van der Waals surface area contributed by atoms with Crippen molar-refractivity contribution in [3.05, 3.63) is 35.9 Å². The van der Waals surface area contributed by atoms with Crippen LogP contribution in [0.5, 0.6) is 0 Å². The maximum absolute atomic E-state index is 12.1. The van der Waals surface area contributed by atoms with Gasteiger partial charge < -0.3 is 9.64 Å². The van der Waals surface area contributed by atoms with Crippen LogP contribution in [0.15, 0.2) is 30.3 Å². The van der Waals surface area contributed by atoms with Gasteiger partial charge in [0.1, 0.15) is 6.61 Å². The maximum atomic E-state index is 12.1. The van der Waals surface area contributed by atoms with Gasteiger partial charge in [-0.25, -0.2) is 0 Å². The van der Waals surface area contributed by atoms with Crippen LogP contribution in [0.1, 0.15) is 25.8 Å². The van der Waals surface area contributed by atoms with Crippen molar-refractivity contribution in [1.29, 1.82) is 0 Å². The second-order valence-corrected chi connectivity index (χ2v) is 6.36. The van der Waals surface area contributed by atoms with Crippen molar-refractivity contribution < 1.29 is 9.53 Å². The van der Waals surface area contributed by atoms with E-state index in [0.29, 0.717) is 12.6 Å². The molecule has 1 rings (SSSR count). The third-order valence-corrected chi connectivity index (χ3v) is 4.36. The van der Waals surface area contributed by atoms with E-state index in [-0.39, 0.29) is 11.9 Å². The average molecular weight is 309 g/mol. The molecule has 118 valence electrons. The van der Waals surface area contributed by atoms with Gasteiger partial charge in [-0.2, -0.15) is 11.8 Å². The topological polar surface area (TPSA) is 29.5 Å². The number of ether oxygens (including phenoxy) is 1. The molecule has 0 radical (unpaired) electrons. The first-order valence-electron chi connectivity index (χ1n) is 7.48. The summed E-state index contributed by atoms with van der Waals surface area (Å²) in [6.07, 6.45) is 3.22. The Morgan fingerprint density at radius 2 is 2.00 bits per heavy atom. The summed E-state index contributed by atoms with van der Waals surface area (Å²) in [4.78, 5) is 14.3. The molecule has 2 atom stereocenters. The van der Waals surface area contributed by atoms with Crippen LogP contribution in [0.2, 0.25) is 0 Å². The first-order chi connectivity index (χ1) is 10.1. The van der Waals surface area contributed by atoms with Crippen molar-refractivity contribution in [3.63, 3.8) is 0 Å². The fourth-order valence-corrected chi connectivity index (χ4v) is 3.15. The Morgan fingerprint density at radius 3 is 2.57 bits per heavy atom. The second-order valence-electron chi connectivity index (χ2n) is 5.45. The molecule has 21 heavy (non-hydrogen) atoms. The van der Waals surface area contributed by atoms with Gasteiger partial charge in [-0.05, 0) is 25.3 Å². The number of nitrogens with zero attached hydrogens (tertiary/aromatic N) is 1. The van der Waals surface area contributed by atoms with E-state index < -0.39 is 0 Å². The summed E-state index contributed by atoms with van der Waals surface area (Å²) < 4.78 is 5.39. The summed E-state index contributed by atoms with van der Waals surface area (Å²) >= 11 is 1.85. The molecule has 0 bridgehead atoms. The third-order valence-electron chi connectivity index (χ3n) is 3.64. The number of thioether (sulfide) groups is 1. The van der Waals surface area contributed by atoms with Crippen molar-refractivity contribution >= 4 is 17.7 Å². The molecule has 0 amide bonds. The molecule has 0 aliphatic rings. The van der Waals surface area contributed by atoms with Crippen LogP contribution in [-0.2, 0) is 16.1 Å². The molecule has 1 aromatic rings. The van der Waals surface area contributed by atoms with Gasteiger partial charge in [0.15, 0.2) is 0 Å². The van der Waals surface area contributed by atoms with Crippen molar-refractivity contribution in [2.24, 2.45) is 5.92 Å². The van der Waals surface area contributed by atoms with Crippen LogP contribution in [0.4, 0.5) is 0 Å². The van der Waals surface area contributed by atoms with Gasteiger partial charge in [0, 0.05) is 18.3 Å². The standard InChI is InChI=1S/C17H27NO2S/c1-5-16(13-21-4)18(3)11-14(2)17(19)20-12-15-9-7-6-8-10-15/h6-10,14,16H,5,11-13H2,1-4H3. The predicted octanol–water partition coefficient (Wildman–Crippen LogP) is 3.44. The Hall–Kier alpha value is -1.00. The molecule has 0 N–H and O–H groups in total. The summed E-state index contributed by atoms with van der Waals surface area (Å²) in [5.41, 5.74) is 1.03. The van der Waals surface area contributed by atoms with Crippen molar-refractivity contribution in [1.82, 2.24) is 4.90 Å². The second kappa shape index (κ2) is 9.85. The Bertz CT molecular complexity index is 411. The monoisotopic (exact) mass is 309 g/mol. The van der Waals surface area contributed by atoms with Gasteiger partial charge in [0.25, 0.3) is 0 Å². The van der Waals surface area contributed by atoms with Gasteiger partial charge >= 0.3 is 5.97 Å². The first-order valence-corrected chi connectivity index (χ1v) is 8.87. The average Bonchev–Trinajstić information content (AvgIpc) is 2.50. The molecule has 0 saturated carbocycles. The number of carbonyl (C=O) groups is 1. The van der Waals surface area contributed by atoms with Crippen molar-refractivity contribution in [3.8, 4) is 0 Å². The summed E-state index contributed by atoms with van der Waals surface area (Å²) in [6.45, 7) is 5.23. The zero-order valence-corrected chi connectivity index (χ0v) is 14.4. The van der Waals surface area contributed by atoms with E-state index in [1.807, 2.05) is 49.0 Å². The highest BCUT2D eigenvalue weighted by molar-refractivity contribution is 7.98. The number of benzene rings is 1. The number of rotatable bonds is 9. The Labute approximate surface area is 133 Å². The minimum atomic E-state index is -0.121. The largest absolute Gasteiger partial charge is 0.461 e. The number of hydrogen-bond donors (Lipinski definition) is 0. The highest BCUT2D eigenvalue weighted by atomic mass is 32.2. The molecule has 0 fully saturated rings.